The summed E-state index contributed by atoms with van der Waals surface area (Å²) in [5, 5.41) is 7.36. The molecule has 1 N–H and O–H groups in total. The van der Waals surface area contributed by atoms with Crippen LogP contribution >= 0.6 is 11.8 Å². The van der Waals surface area contributed by atoms with Crippen LogP contribution in [0.1, 0.15) is 11.3 Å². The summed E-state index contributed by atoms with van der Waals surface area (Å²) in [4.78, 5) is 36.4. The van der Waals surface area contributed by atoms with Gasteiger partial charge >= 0.3 is 0 Å². The van der Waals surface area contributed by atoms with Gasteiger partial charge in [0.25, 0.3) is 5.89 Å². The highest BCUT2D eigenvalue weighted by Crippen LogP contribution is 2.23. The molecule has 180 valence electrons. The number of carbonyl (C=O) groups excluding carboxylic acids is 1. The van der Waals surface area contributed by atoms with Gasteiger partial charge in [0, 0.05) is 28.0 Å². The van der Waals surface area contributed by atoms with Gasteiger partial charge in [-0.3, -0.25) is 9.59 Å². The number of carbonyl (C=O) groups is 1. The predicted molar refractivity (Wildman–Crippen MR) is 141 cm³/mol. The molecule has 2 aromatic carbocycles. The van der Waals surface area contributed by atoms with Crippen LogP contribution in [0.5, 0.6) is 0 Å². The van der Waals surface area contributed by atoms with Gasteiger partial charge in [-0.2, -0.15) is 4.98 Å². The third-order valence-corrected chi connectivity index (χ3v) is 6.39. The Morgan fingerprint density at radius 2 is 1.89 bits per heavy atom. The zero-order valence-corrected chi connectivity index (χ0v) is 20.8. The normalized spacial score (nSPS) is 11.1. The Labute approximate surface area is 211 Å². The van der Waals surface area contributed by atoms with E-state index in [4.69, 9.17) is 4.52 Å². The highest BCUT2D eigenvalue weighted by atomic mass is 32.2. The number of aryl methyl sites for hydroxylation is 2. The number of pyridine rings is 2. The number of nitrogens with zero attached hydrogens (tertiary/aromatic N) is 4. The monoisotopic (exact) mass is 497 g/mol. The third-order valence-electron chi connectivity index (χ3n) is 5.66. The van der Waals surface area contributed by atoms with E-state index in [-0.39, 0.29) is 29.3 Å². The number of aromatic nitrogens is 4. The largest absolute Gasteiger partial charge is 0.333 e. The average molecular weight is 498 g/mol. The van der Waals surface area contributed by atoms with E-state index in [1.807, 2.05) is 68.6 Å². The number of benzene rings is 2. The smallest absolute Gasteiger partial charge is 0.263 e. The summed E-state index contributed by atoms with van der Waals surface area (Å²) in [6.07, 6.45) is 3.54. The Morgan fingerprint density at radius 1 is 1.06 bits per heavy atom. The molecule has 0 spiro atoms. The predicted octanol–water partition coefficient (Wildman–Crippen LogP) is 5.09. The molecule has 5 aromatic rings. The average Bonchev–Trinajstić information content (AvgIpc) is 3.36. The van der Waals surface area contributed by atoms with Crippen LogP contribution in [-0.4, -0.2) is 31.9 Å². The van der Waals surface area contributed by atoms with Gasteiger partial charge in [0.2, 0.25) is 17.2 Å². The number of amides is 1. The van der Waals surface area contributed by atoms with Crippen LogP contribution in [0.2, 0.25) is 0 Å². The first kappa shape index (κ1) is 23.5. The van der Waals surface area contributed by atoms with Crippen molar-refractivity contribution in [3.63, 3.8) is 0 Å². The van der Waals surface area contributed by atoms with E-state index in [9.17, 15) is 9.59 Å². The van der Waals surface area contributed by atoms with Gasteiger partial charge in [-0.15, -0.1) is 11.8 Å². The molecule has 0 aliphatic heterocycles. The van der Waals surface area contributed by atoms with Crippen LogP contribution in [0.15, 0.2) is 81.1 Å². The molecule has 0 unspecified atom stereocenters. The van der Waals surface area contributed by atoms with E-state index in [2.05, 4.69) is 20.4 Å². The number of anilines is 1. The lowest BCUT2D eigenvalue weighted by Crippen LogP contribution is -2.22. The number of rotatable bonds is 6. The Morgan fingerprint density at radius 3 is 2.69 bits per heavy atom. The van der Waals surface area contributed by atoms with Gasteiger partial charge in [-0.05, 0) is 56.5 Å². The summed E-state index contributed by atoms with van der Waals surface area (Å²) in [5.74, 6) is 0.215. The van der Waals surface area contributed by atoms with Gasteiger partial charge in [-0.1, -0.05) is 35.0 Å². The molecule has 3 heterocycles. The van der Waals surface area contributed by atoms with E-state index < -0.39 is 0 Å². The lowest BCUT2D eigenvalue weighted by molar-refractivity contribution is -0.116. The second kappa shape index (κ2) is 9.79. The van der Waals surface area contributed by atoms with Crippen molar-refractivity contribution in [2.75, 3.05) is 11.6 Å². The first-order chi connectivity index (χ1) is 17.4. The summed E-state index contributed by atoms with van der Waals surface area (Å²) in [5.41, 5.74) is 3.60. The molecule has 0 bridgehead atoms. The zero-order chi connectivity index (χ0) is 25.2. The second-order valence-electron chi connectivity index (χ2n) is 8.40. The lowest BCUT2D eigenvalue weighted by atomic mass is 10.1. The lowest BCUT2D eigenvalue weighted by Gasteiger charge is -2.13. The Bertz CT molecular complexity index is 1660. The van der Waals surface area contributed by atoms with Crippen molar-refractivity contribution < 1.29 is 9.32 Å². The maximum atomic E-state index is 13.4. The number of thioether (sulfide) groups is 1. The molecule has 5 rings (SSSR count). The van der Waals surface area contributed by atoms with Crippen molar-refractivity contribution in [1.29, 1.82) is 0 Å². The van der Waals surface area contributed by atoms with Crippen LogP contribution in [-0.2, 0) is 11.3 Å². The van der Waals surface area contributed by atoms with Crippen LogP contribution in [0.4, 0.5) is 5.69 Å². The Hall–Kier alpha value is -4.24. The van der Waals surface area contributed by atoms with Crippen molar-refractivity contribution in [1.82, 2.24) is 19.7 Å². The third kappa shape index (κ3) is 4.78. The molecule has 8 nitrogen and oxygen atoms in total. The molecule has 0 fully saturated rings. The maximum Gasteiger partial charge on any atom is 0.263 e. The molecule has 0 radical (unpaired) electrons. The van der Waals surface area contributed by atoms with E-state index in [0.29, 0.717) is 22.5 Å². The van der Waals surface area contributed by atoms with Gasteiger partial charge < -0.3 is 14.4 Å². The van der Waals surface area contributed by atoms with Crippen molar-refractivity contribution in [3.8, 4) is 22.8 Å². The van der Waals surface area contributed by atoms with E-state index in [1.54, 1.807) is 34.7 Å². The molecular formula is C27H23N5O3S. The number of hydrogen-bond acceptors (Lipinski definition) is 7. The fraction of sp³-hybridized carbons (Fsp3) is 0.148. The maximum absolute atomic E-state index is 13.4. The van der Waals surface area contributed by atoms with Gasteiger partial charge in [-0.25, -0.2) is 4.98 Å². The topological polar surface area (TPSA) is 103 Å². The number of fused-ring (bicyclic) bond motifs is 1. The Balaban J connectivity index is 1.54. The summed E-state index contributed by atoms with van der Waals surface area (Å²) < 4.78 is 7.12. The molecule has 0 saturated carbocycles. The molecule has 9 heteroatoms. The first-order valence-corrected chi connectivity index (χ1v) is 12.5. The van der Waals surface area contributed by atoms with Gasteiger partial charge in [0.15, 0.2) is 0 Å². The second-order valence-corrected chi connectivity index (χ2v) is 9.28. The van der Waals surface area contributed by atoms with Crippen molar-refractivity contribution >= 4 is 34.4 Å². The standard InChI is InChI=1S/C27H23N5O3S/c1-16-6-4-7-18(12-16)25-30-27(35-31-25)22-14-32(26-21(24(22)34)11-10-17(2)28-26)15-23(33)29-19-8-5-9-20(13-19)36-3/h4-14H,15H2,1-3H3,(H,29,33). The van der Waals surface area contributed by atoms with Crippen LogP contribution < -0.4 is 10.7 Å². The zero-order valence-electron chi connectivity index (χ0n) is 20.0. The molecule has 3 aromatic heterocycles. The van der Waals surface area contributed by atoms with E-state index >= 15 is 0 Å². The van der Waals surface area contributed by atoms with Crippen LogP contribution in [0.25, 0.3) is 33.9 Å². The number of hydrogen-bond donors (Lipinski definition) is 1. The fourth-order valence-electron chi connectivity index (χ4n) is 3.92. The minimum atomic E-state index is -0.290. The highest BCUT2D eigenvalue weighted by molar-refractivity contribution is 7.98. The SMILES string of the molecule is CSc1cccc(NC(=O)Cn2cc(-c3nc(-c4cccc(C)c4)no3)c(=O)c3ccc(C)nc32)c1. The van der Waals surface area contributed by atoms with Gasteiger partial charge in [0.1, 0.15) is 17.8 Å². The minimum absolute atomic E-state index is 0.0530. The van der Waals surface area contributed by atoms with Crippen LogP contribution in [0.3, 0.4) is 0 Å². The summed E-state index contributed by atoms with van der Waals surface area (Å²) in [7, 11) is 0. The minimum Gasteiger partial charge on any atom is -0.333 e. The van der Waals surface area contributed by atoms with E-state index in [0.717, 1.165) is 21.7 Å². The highest BCUT2D eigenvalue weighted by Gasteiger charge is 2.19. The van der Waals surface area contributed by atoms with E-state index in [1.165, 1.54) is 0 Å². The number of nitrogens with one attached hydrogen (secondary N) is 1. The summed E-state index contributed by atoms with van der Waals surface area (Å²) >= 11 is 1.60. The summed E-state index contributed by atoms with van der Waals surface area (Å²) in [6, 6.07) is 18.8. The molecule has 0 saturated heterocycles. The molecule has 0 aliphatic rings. The summed E-state index contributed by atoms with van der Waals surface area (Å²) in [6.45, 7) is 3.76. The molecular weight excluding hydrogens is 474 g/mol. The molecule has 1 amide bonds. The fourth-order valence-corrected chi connectivity index (χ4v) is 4.38. The van der Waals surface area contributed by atoms with Crippen molar-refractivity contribution in [3.05, 3.63) is 88.3 Å². The first-order valence-electron chi connectivity index (χ1n) is 11.3. The van der Waals surface area contributed by atoms with Crippen molar-refractivity contribution in [2.24, 2.45) is 0 Å². The quantitative estimate of drug-likeness (QED) is 0.326. The molecule has 0 atom stereocenters. The molecule has 36 heavy (non-hydrogen) atoms. The van der Waals surface area contributed by atoms with Crippen LogP contribution in [0, 0.1) is 13.8 Å². The molecule has 0 aliphatic carbocycles. The van der Waals surface area contributed by atoms with Gasteiger partial charge in [0.05, 0.1) is 5.39 Å². The Kier molecular flexibility index (Phi) is 6.39. The van der Waals surface area contributed by atoms with Crippen molar-refractivity contribution in [2.45, 2.75) is 25.3 Å².